The van der Waals surface area contributed by atoms with E-state index in [9.17, 15) is 0 Å². The van der Waals surface area contributed by atoms with Gasteiger partial charge in [0.05, 0.1) is 11.7 Å². The van der Waals surface area contributed by atoms with Gasteiger partial charge in [0.1, 0.15) is 11.5 Å². The molecule has 1 aromatic carbocycles. The number of fused-ring (bicyclic) bond motifs is 1. The predicted octanol–water partition coefficient (Wildman–Crippen LogP) is 2.64. The lowest BCUT2D eigenvalue weighted by atomic mass is 10.2. The van der Waals surface area contributed by atoms with Crippen molar-refractivity contribution < 1.29 is 4.74 Å². The number of pyridine rings is 1. The number of aryl methyl sites for hydroxylation is 1. The number of imidazole rings is 1. The molecule has 2 heterocycles. The van der Waals surface area contributed by atoms with Gasteiger partial charge in [-0.05, 0) is 24.6 Å². The summed E-state index contributed by atoms with van der Waals surface area (Å²) in [5.41, 5.74) is 8.06. The second-order valence-corrected chi connectivity index (χ2v) is 4.08. The van der Waals surface area contributed by atoms with Crippen molar-refractivity contribution in [2.45, 2.75) is 6.92 Å². The third-order valence-corrected chi connectivity index (χ3v) is 2.56. The first kappa shape index (κ1) is 10.6. The summed E-state index contributed by atoms with van der Waals surface area (Å²) in [6, 6.07) is 9.66. The zero-order chi connectivity index (χ0) is 12.5. The van der Waals surface area contributed by atoms with Crippen LogP contribution in [0.4, 0.5) is 5.95 Å². The Bertz CT molecular complexity index is 705. The van der Waals surface area contributed by atoms with Crippen molar-refractivity contribution in [3.63, 3.8) is 0 Å². The fourth-order valence-corrected chi connectivity index (χ4v) is 1.77. The Hall–Kier alpha value is -2.56. The summed E-state index contributed by atoms with van der Waals surface area (Å²) in [5, 5.41) is 0. The van der Waals surface area contributed by atoms with Crippen LogP contribution in [0, 0.1) is 6.92 Å². The van der Waals surface area contributed by atoms with Gasteiger partial charge in [-0.2, -0.15) is 4.98 Å². The average molecular weight is 240 g/mol. The summed E-state index contributed by atoms with van der Waals surface area (Å²) in [4.78, 5) is 11.1. The number of nitrogens with two attached hydrogens (primary N) is 1. The molecule has 3 aromatic rings. The fourth-order valence-electron chi connectivity index (χ4n) is 1.77. The van der Waals surface area contributed by atoms with Crippen LogP contribution in [0.3, 0.4) is 0 Å². The summed E-state index contributed by atoms with van der Waals surface area (Å²) >= 11 is 0. The molecular weight excluding hydrogens is 228 g/mol. The predicted molar refractivity (Wildman–Crippen MR) is 69.6 cm³/mol. The lowest BCUT2D eigenvalue weighted by molar-refractivity contribution is 0.481. The highest BCUT2D eigenvalue weighted by atomic mass is 16.5. The van der Waals surface area contributed by atoms with Crippen LogP contribution < -0.4 is 10.5 Å². The number of ether oxygens (including phenoxy) is 1. The minimum atomic E-state index is 0.352. The molecule has 18 heavy (non-hydrogen) atoms. The molecule has 0 aliphatic carbocycles. The zero-order valence-corrected chi connectivity index (χ0v) is 9.84. The molecule has 0 amide bonds. The summed E-state index contributed by atoms with van der Waals surface area (Å²) in [7, 11) is 0. The number of nitrogen functional groups attached to an aromatic ring is 1. The lowest BCUT2D eigenvalue weighted by Crippen LogP contribution is -1.86. The molecule has 0 saturated heterocycles. The number of rotatable bonds is 2. The van der Waals surface area contributed by atoms with E-state index in [1.807, 2.05) is 37.3 Å². The number of hydrogen-bond donors (Lipinski definition) is 2. The molecule has 0 fully saturated rings. The molecule has 3 N–H and O–H groups in total. The number of hydrogen-bond acceptors (Lipinski definition) is 4. The quantitative estimate of drug-likeness (QED) is 0.721. The molecule has 5 heteroatoms. The van der Waals surface area contributed by atoms with Crippen molar-refractivity contribution in [1.82, 2.24) is 15.0 Å². The third-order valence-electron chi connectivity index (χ3n) is 2.56. The minimum Gasteiger partial charge on any atom is -0.456 e. The molecule has 3 rings (SSSR count). The molecule has 0 bridgehead atoms. The Morgan fingerprint density at radius 1 is 1.22 bits per heavy atom. The highest BCUT2D eigenvalue weighted by molar-refractivity contribution is 5.74. The van der Waals surface area contributed by atoms with E-state index in [4.69, 9.17) is 10.5 Å². The van der Waals surface area contributed by atoms with Gasteiger partial charge in [-0.25, -0.2) is 4.98 Å². The van der Waals surface area contributed by atoms with Gasteiger partial charge in [-0.15, -0.1) is 0 Å². The number of nitrogens with one attached hydrogen (secondary N) is 1. The van der Waals surface area contributed by atoms with E-state index in [1.54, 1.807) is 6.20 Å². The van der Waals surface area contributed by atoms with Gasteiger partial charge >= 0.3 is 0 Å². The van der Waals surface area contributed by atoms with E-state index in [-0.39, 0.29) is 0 Å². The number of benzene rings is 1. The Labute approximate surface area is 104 Å². The van der Waals surface area contributed by atoms with Gasteiger partial charge in [0.25, 0.3) is 0 Å². The smallest absolute Gasteiger partial charge is 0.200 e. The first-order valence-electron chi connectivity index (χ1n) is 5.56. The van der Waals surface area contributed by atoms with Crippen LogP contribution in [-0.4, -0.2) is 15.0 Å². The van der Waals surface area contributed by atoms with Crippen molar-refractivity contribution in [3.05, 3.63) is 42.1 Å². The minimum absolute atomic E-state index is 0.352. The van der Waals surface area contributed by atoms with Gasteiger partial charge in [0.2, 0.25) is 0 Å². The number of aromatic amines is 1. The van der Waals surface area contributed by atoms with Crippen LogP contribution in [0.1, 0.15) is 5.56 Å². The van der Waals surface area contributed by atoms with E-state index in [1.165, 1.54) is 0 Å². The van der Waals surface area contributed by atoms with Crippen LogP contribution in [0.25, 0.3) is 11.2 Å². The molecule has 0 unspecified atom stereocenters. The standard InChI is InChI=1S/C13H12N4O/c1-8-3-2-4-9(5-8)18-10-6-11-12(15-7-10)17-13(14)16-11/h2-7H,1H3,(H3,14,15,16,17). The highest BCUT2D eigenvalue weighted by Crippen LogP contribution is 2.23. The van der Waals surface area contributed by atoms with Gasteiger partial charge in [-0.3, -0.25) is 0 Å². The monoisotopic (exact) mass is 240 g/mol. The van der Waals surface area contributed by atoms with Gasteiger partial charge in [-0.1, -0.05) is 12.1 Å². The lowest BCUT2D eigenvalue weighted by Gasteiger charge is -2.05. The number of nitrogens with zero attached hydrogens (tertiary/aromatic N) is 2. The van der Waals surface area contributed by atoms with E-state index in [0.29, 0.717) is 17.3 Å². The average Bonchev–Trinajstić information content (AvgIpc) is 2.68. The molecule has 90 valence electrons. The largest absolute Gasteiger partial charge is 0.456 e. The number of anilines is 1. The molecule has 0 spiro atoms. The number of aromatic nitrogens is 3. The molecule has 0 saturated carbocycles. The molecule has 0 radical (unpaired) electrons. The molecular formula is C13H12N4O. The van der Waals surface area contributed by atoms with E-state index < -0.39 is 0 Å². The molecule has 0 aliphatic rings. The first-order valence-corrected chi connectivity index (χ1v) is 5.56. The maximum absolute atomic E-state index is 5.73. The van der Waals surface area contributed by atoms with Crippen molar-refractivity contribution in [1.29, 1.82) is 0 Å². The Balaban J connectivity index is 1.94. The van der Waals surface area contributed by atoms with Gasteiger partial charge in [0.15, 0.2) is 11.6 Å². The topological polar surface area (TPSA) is 76.8 Å². The molecule has 2 aromatic heterocycles. The summed E-state index contributed by atoms with van der Waals surface area (Å²) in [5.74, 6) is 1.78. The second kappa shape index (κ2) is 4.03. The summed E-state index contributed by atoms with van der Waals surface area (Å²) in [6.07, 6.45) is 1.63. The van der Waals surface area contributed by atoms with E-state index >= 15 is 0 Å². The summed E-state index contributed by atoms with van der Waals surface area (Å²) < 4.78 is 5.73. The fraction of sp³-hybridized carbons (Fsp3) is 0.0769. The van der Waals surface area contributed by atoms with Gasteiger partial charge in [0, 0.05) is 6.07 Å². The van der Waals surface area contributed by atoms with Crippen molar-refractivity contribution in [3.8, 4) is 11.5 Å². The Morgan fingerprint density at radius 2 is 2.11 bits per heavy atom. The van der Waals surface area contributed by atoms with Crippen molar-refractivity contribution in [2.75, 3.05) is 5.73 Å². The van der Waals surface area contributed by atoms with Gasteiger partial charge < -0.3 is 15.5 Å². The van der Waals surface area contributed by atoms with Crippen LogP contribution in [0.5, 0.6) is 11.5 Å². The van der Waals surface area contributed by atoms with E-state index in [2.05, 4.69) is 15.0 Å². The third kappa shape index (κ3) is 1.98. The second-order valence-electron chi connectivity index (χ2n) is 4.08. The van der Waals surface area contributed by atoms with Crippen LogP contribution in [-0.2, 0) is 0 Å². The highest BCUT2D eigenvalue weighted by Gasteiger charge is 2.04. The summed E-state index contributed by atoms with van der Waals surface area (Å²) in [6.45, 7) is 2.02. The van der Waals surface area contributed by atoms with Crippen molar-refractivity contribution >= 4 is 17.1 Å². The molecule has 0 aliphatic heterocycles. The normalized spacial score (nSPS) is 10.7. The van der Waals surface area contributed by atoms with Crippen LogP contribution in [0.2, 0.25) is 0 Å². The van der Waals surface area contributed by atoms with Crippen LogP contribution in [0.15, 0.2) is 36.5 Å². The Morgan fingerprint density at radius 3 is 2.94 bits per heavy atom. The van der Waals surface area contributed by atoms with Crippen LogP contribution >= 0.6 is 0 Å². The van der Waals surface area contributed by atoms with E-state index in [0.717, 1.165) is 16.8 Å². The van der Waals surface area contributed by atoms with Crippen molar-refractivity contribution in [2.24, 2.45) is 0 Å². The molecule has 5 nitrogen and oxygen atoms in total. The maximum Gasteiger partial charge on any atom is 0.200 e. The molecule has 0 atom stereocenters. The first-order chi connectivity index (χ1) is 8.70. The number of H-pyrrole nitrogens is 1. The zero-order valence-electron chi connectivity index (χ0n) is 9.84. The Kier molecular flexibility index (Phi) is 2.37. The SMILES string of the molecule is Cc1cccc(Oc2cnc3nc(N)[nH]c3c2)c1. The maximum atomic E-state index is 5.73.